The second-order valence-electron chi connectivity index (χ2n) is 10.4. The maximum atomic E-state index is 12.4. The van der Waals surface area contributed by atoms with Gasteiger partial charge >= 0.3 is 11.9 Å². The molecule has 2 rings (SSSR count). The highest BCUT2D eigenvalue weighted by atomic mass is 16.7. The van der Waals surface area contributed by atoms with E-state index in [4.69, 9.17) is 18.9 Å². The van der Waals surface area contributed by atoms with Crippen molar-refractivity contribution in [3.8, 4) is 0 Å². The topological polar surface area (TPSA) is 320 Å². The molecule has 2 aliphatic heterocycles. The summed E-state index contributed by atoms with van der Waals surface area (Å²) < 4.78 is 22.0. The van der Waals surface area contributed by atoms with E-state index < -0.39 is 129 Å². The van der Waals surface area contributed by atoms with Gasteiger partial charge in [-0.15, -0.1) is 0 Å². The lowest BCUT2D eigenvalue weighted by Crippen LogP contribution is -2.69. The molecule has 11 N–H and O–H groups in total. The molecule has 2 heterocycles. The first-order chi connectivity index (χ1) is 20.4. The highest BCUT2D eigenvalue weighted by molar-refractivity contribution is 5.82. The first-order valence-electron chi connectivity index (χ1n) is 13.3. The maximum Gasteiger partial charge on any atom is 0.364 e. The van der Waals surface area contributed by atoms with Crippen molar-refractivity contribution in [2.75, 3.05) is 19.8 Å². The Kier molecular flexibility index (Phi) is 13.3. The molecule has 0 radical (unpaired) electrons. The number of carboxylic acid groups (broad SMARTS) is 2. The lowest BCUT2D eigenvalue weighted by Gasteiger charge is -2.47. The third kappa shape index (κ3) is 9.23. The number of amides is 3. The average molecular weight is 642 g/mol. The van der Waals surface area contributed by atoms with Crippen LogP contribution in [0.4, 0.5) is 0 Å². The molecular formula is C24H39N3O17. The maximum absolute atomic E-state index is 12.4. The van der Waals surface area contributed by atoms with Gasteiger partial charge in [0.1, 0.15) is 42.7 Å². The van der Waals surface area contributed by atoms with Crippen LogP contribution in [-0.4, -0.2) is 163 Å². The molecule has 44 heavy (non-hydrogen) atoms. The summed E-state index contributed by atoms with van der Waals surface area (Å²) in [4.78, 5) is 58.7. The predicted molar refractivity (Wildman–Crippen MR) is 138 cm³/mol. The third-order valence-corrected chi connectivity index (χ3v) is 6.84. The molecular weight excluding hydrogens is 602 g/mol. The van der Waals surface area contributed by atoms with Crippen LogP contribution < -0.4 is 16.0 Å². The summed E-state index contributed by atoms with van der Waals surface area (Å²) >= 11 is 0. The van der Waals surface area contributed by atoms with Crippen LogP contribution in [0.2, 0.25) is 0 Å². The Morgan fingerprint density at radius 2 is 1.52 bits per heavy atom. The van der Waals surface area contributed by atoms with Crippen LogP contribution in [0.25, 0.3) is 0 Å². The molecule has 0 aliphatic carbocycles. The van der Waals surface area contributed by atoms with Crippen LogP contribution in [0, 0.1) is 0 Å². The van der Waals surface area contributed by atoms with E-state index >= 15 is 0 Å². The standard InChI is InChI=1S/C24H39N3O17/c1-8(29)25-11(21(37)38)6-41-22-16(27-10(3)31)19(36)18(35)14(43-22)7-42-24(23(39)40)4-12(32)15(26-9(2)30)20(44-24)17(34)13(33)5-28/h11-20,22,28,32-36H,4-7H2,1-3H3,(H,25,29)(H,26,30)(H,27,31)(H,37,38)(H,39,40)/t11-,12-,13+,14+,15-,16-,17+,18+,19-,20+,22+,24+/m0/s1. The minimum atomic E-state index is -2.81. The van der Waals surface area contributed by atoms with E-state index in [9.17, 15) is 64.8 Å². The van der Waals surface area contributed by atoms with Gasteiger partial charge in [0, 0.05) is 27.2 Å². The molecule has 12 atom stereocenters. The minimum Gasteiger partial charge on any atom is -0.480 e. The number of carboxylic acids is 2. The molecule has 3 amide bonds. The van der Waals surface area contributed by atoms with Crippen molar-refractivity contribution < 1.29 is 83.8 Å². The van der Waals surface area contributed by atoms with Crippen molar-refractivity contribution in [2.24, 2.45) is 0 Å². The monoisotopic (exact) mass is 641 g/mol. The Balaban J connectivity index is 2.33. The summed E-state index contributed by atoms with van der Waals surface area (Å²) in [5, 5.41) is 88.0. The normalized spacial score (nSPS) is 34.2. The average Bonchev–Trinajstić information content (AvgIpc) is 2.93. The van der Waals surface area contributed by atoms with Gasteiger partial charge in [-0.25, -0.2) is 9.59 Å². The summed E-state index contributed by atoms with van der Waals surface area (Å²) in [5.41, 5.74) is 0. The second kappa shape index (κ2) is 15.8. The fourth-order valence-corrected chi connectivity index (χ4v) is 4.70. The zero-order valence-electron chi connectivity index (χ0n) is 23.9. The smallest absolute Gasteiger partial charge is 0.364 e. The number of carbonyl (C=O) groups excluding carboxylic acids is 3. The highest BCUT2D eigenvalue weighted by Crippen LogP contribution is 2.34. The van der Waals surface area contributed by atoms with Gasteiger partial charge in [-0.3, -0.25) is 14.4 Å². The Hall–Kier alpha value is -3.05. The first-order valence-corrected chi connectivity index (χ1v) is 13.3. The summed E-state index contributed by atoms with van der Waals surface area (Å²) in [6, 6.07) is -4.54. The number of hydrogen-bond acceptors (Lipinski definition) is 15. The van der Waals surface area contributed by atoms with Gasteiger partial charge in [-0.1, -0.05) is 0 Å². The van der Waals surface area contributed by atoms with Gasteiger partial charge in [0.05, 0.1) is 32.0 Å². The van der Waals surface area contributed by atoms with Gasteiger partial charge in [-0.05, 0) is 0 Å². The molecule has 0 saturated carbocycles. The lowest BCUT2D eigenvalue weighted by molar-refractivity contribution is -0.330. The molecule has 0 aromatic heterocycles. The molecule has 20 heteroatoms. The van der Waals surface area contributed by atoms with E-state index in [2.05, 4.69) is 16.0 Å². The number of ether oxygens (including phenoxy) is 4. The van der Waals surface area contributed by atoms with Crippen LogP contribution in [0.15, 0.2) is 0 Å². The Labute approximate surface area is 249 Å². The molecule has 2 fully saturated rings. The van der Waals surface area contributed by atoms with Crippen molar-refractivity contribution in [1.82, 2.24) is 16.0 Å². The zero-order valence-corrected chi connectivity index (χ0v) is 23.9. The molecule has 2 saturated heterocycles. The number of aliphatic carboxylic acids is 2. The summed E-state index contributed by atoms with van der Waals surface area (Å²) in [7, 11) is 0. The fraction of sp³-hybridized carbons (Fsp3) is 0.792. The quantitative estimate of drug-likeness (QED) is 0.0840. The van der Waals surface area contributed by atoms with Crippen molar-refractivity contribution >= 4 is 29.7 Å². The van der Waals surface area contributed by atoms with Crippen LogP contribution in [0.1, 0.15) is 27.2 Å². The highest BCUT2D eigenvalue weighted by Gasteiger charge is 2.57. The molecule has 20 nitrogen and oxygen atoms in total. The zero-order chi connectivity index (χ0) is 33.5. The largest absolute Gasteiger partial charge is 0.480 e. The van der Waals surface area contributed by atoms with E-state index in [0.29, 0.717) is 0 Å². The van der Waals surface area contributed by atoms with Gasteiger partial charge in [0.2, 0.25) is 17.7 Å². The molecule has 2 aliphatic rings. The fourth-order valence-electron chi connectivity index (χ4n) is 4.70. The van der Waals surface area contributed by atoms with E-state index in [1.807, 2.05) is 0 Å². The van der Waals surface area contributed by atoms with Crippen molar-refractivity contribution in [2.45, 2.75) is 100 Å². The molecule has 0 aromatic carbocycles. The van der Waals surface area contributed by atoms with Crippen LogP contribution in [-0.2, 0) is 42.9 Å². The van der Waals surface area contributed by atoms with E-state index in [1.165, 1.54) is 0 Å². The molecule has 252 valence electrons. The van der Waals surface area contributed by atoms with Gasteiger partial charge < -0.3 is 75.8 Å². The van der Waals surface area contributed by atoms with Crippen molar-refractivity contribution in [1.29, 1.82) is 0 Å². The first kappa shape index (κ1) is 37.1. The van der Waals surface area contributed by atoms with E-state index in [-0.39, 0.29) is 0 Å². The second-order valence-corrected chi connectivity index (χ2v) is 10.4. The number of hydrogen-bond donors (Lipinski definition) is 11. The summed E-state index contributed by atoms with van der Waals surface area (Å²) in [6.07, 6.45) is -15.5. The van der Waals surface area contributed by atoms with Crippen LogP contribution in [0.3, 0.4) is 0 Å². The molecule has 0 bridgehead atoms. The third-order valence-electron chi connectivity index (χ3n) is 6.84. The van der Waals surface area contributed by atoms with Gasteiger partial charge in [0.25, 0.3) is 5.79 Å². The molecule has 0 aromatic rings. The minimum absolute atomic E-state index is 0.706. The number of rotatable bonds is 14. The number of aliphatic hydroxyl groups is 6. The lowest BCUT2D eigenvalue weighted by atomic mass is 9.88. The SMILES string of the molecule is CC(=O)N[C@@H]1[C@H](OC[C@H](NC(C)=O)C(=O)O)O[C@H](CO[C@]2(C(=O)O)C[C@H](O)[C@H](NC(C)=O)[C@H]([C@H](O)[C@H](O)CO)O2)[C@@H](O)[C@H]1O. The van der Waals surface area contributed by atoms with E-state index in [1.54, 1.807) is 0 Å². The predicted octanol–water partition coefficient (Wildman–Crippen LogP) is -6.29. The Morgan fingerprint density at radius 3 is 2.02 bits per heavy atom. The summed E-state index contributed by atoms with van der Waals surface area (Å²) in [5.74, 6) is -8.30. The number of carbonyl (C=O) groups is 5. The Morgan fingerprint density at radius 1 is 0.932 bits per heavy atom. The van der Waals surface area contributed by atoms with Gasteiger partial charge in [0.15, 0.2) is 12.3 Å². The summed E-state index contributed by atoms with van der Waals surface area (Å²) in [6.45, 7) is 0.509. The van der Waals surface area contributed by atoms with E-state index in [0.717, 1.165) is 20.8 Å². The van der Waals surface area contributed by atoms with Crippen molar-refractivity contribution in [3.63, 3.8) is 0 Å². The van der Waals surface area contributed by atoms with Gasteiger partial charge in [-0.2, -0.15) is 0 Å². The molecule has 0 spiro atoms. The van der Waals surface area contributed by atoms with Crippen LogP contribution in [0.5, 0.6) is 0 Å². The number of nitrogens with one attached hydrogen (secondary N) is 3. The molecule has 0 unspecified atom stereocenters. The number of aliphatic hydroxyl groups excluding tert-OH is 6. The Bertz CT molecular complexity index is 1050. The van der Waals surface area contributed by atoms with Crippen LogP contribution >= 0.6 is 0 Å². The van der Waals surface area contributed by atoms with Crippen molar-refractivity contribution in [3.05, 3.63) is 0 Å².